The fourth-order valence-electron chi connectivity index (χ4n) is 5.18. The number of aromatic nitrogens is 3. The van der Waals surface area contributed by atoms with E-state index in [4.69, 9.17) is 0 Å². The van der Waals surface area contributed by atoms with Gasteiger partial charge in [0.1, 0.15) is 17.2 Å². The summed E-state index contributed by atoms with van der Waals surface area (Å²) in [6.07, 6.45) is 3.93. The average molecular weight is 476 g/mol. The summed E-state index contributed by atoms with van der Waals surface area (Å²) in [5.41, 5.74) is 2.39. The van der Waals surface area contributed by atoms with E-state index in [1.807, 2.05) is 6.07 Å². The SMILES string of the molecule is CC1CCN(Cc2cc3cc(F)c(CNC(=O)c4cc(=O)n5ccccc5n4)cc3[nH]2)C(C)(C)C1. The Labute approximate surface area is 203 Å². The van der Waals surface area contributed by atoms with Crippen LogP contribution in [0.5, 0.6) is 0 Å². The monoisotopic (exact) mass is 475 g/mol. The van der Waals surface area contributed by atoms with Crippen LogP contribution in [-0.2, 0) is 13.1 Å². The number of H-pyrrole nitrogens is 1. The van der Waals surface area contributed by atoms with Crippen molar-refractivity contribution in [2.75, 3.05) is 6.54 Å². The standard InChI is InChI=1S/C27H30FN5O2/c1-17-7-9-32(27(2,3)14-17)16-20-10-18-11-21(28)19(12-22(18)30-20)15-29-26(35)23-13-25(34)33-8-5-4-6-24(33)31-23/h4-6,8,10-13,17,30H,7,9,14-16H2,1-3H3,(H,29,35). The van der Waals surface area contributed by atoms with Crippen LogP contribution in [0.15, 0.2) is 53.5 Å². The molecular formula is C27H30FN5O2. The van der Waals surface area contributed by atoms with Crippen LogP contribution in [0, 0.1) is 11.7 Å². The Morgan fingerprint density at radius 2 is 2.09 bits per heavy atom. The lowest BCUT2D eigenvalue weighted by Gasteiger charge is -2.44. The largest absolute Gasteiger partial charge is 0.357 e. The molecule has 7 nitrogen and oxygen atoms in total. The van der Waals surface area contributed by atoms with Crippen LogP contribution in [0.4, 0.5) is 4.39 Å². The number of piperidine rings is 1. The maximum Gasteiger partial charge on any atom is 0.270 e. The number of nitrogens with one attached hydrogen (secondary N) is 2. The third kappa shape index (κ3) is 4.71. The molecule has 1 atom stereocenters. The van der Waals surface area contributed by atoms with Crippen molar-refractivity contribution in [3.63, 3.8) is 0 Å². The van der Waals surface area contributed by atoms with Crippen molar-refractivity contribution in [3.8, 4) is 0 Å². The number of hydrogen-bond donors (Lipinski definition) is 2. The van der Waals surface area contributed by atoms with Crippen molar-refractivity contribution in [1.29, 1.82) is 0 Å². The second-order valence-electron chi connectivity index (χ2n) is 10.2. The molecule has 1 aromatic carbocycles. The number of nitrogens with zero attached hydrogens (tertiary/aromatic N) is 3. The lowest BCUT2D eigenvalue weighted by molar-refractivity contribution is 0.0435. The first-order chi connectivity index (χ1) is 16.7. The summed E-state index contributed by atoms with van der Waals surface area (Å²) in [6.45, 7) is 8.68. The predicted octanol–water partition coefficient (Wildman–Crippen LogP) is 4.26. The quantitative estimate of drug-likeness (QED) is 0.452. The Hall–Kier alpha value is -3.52. The molecule has 0 bridgehead atoms. The molecule has 1 aliphatic rings. The van der Waals surface area contributed by atoms with Crippen LogP contribution in [0.25, 0.3) is 16.6 Å². The topological polar surface area (TPSA) is 82.5 Å². The summed E-state index contributed by atoms with van der Waals surface area (Å²) in [4.78, 5) is 35.0. The van der Waals surface area contributed by atoms with E-state index in [2.05, 4.69) is 41.0 Å². The minimum Gasteiger partial charge on any atom is -0.357 e. The highest BCUT2D eigenvalue weighted by Gasteiger charge is 2.33. The number of halogens is 1. The van der Waals surface area contributed by atoms with E-state index in [0.717, 1.165) is 42.0 Å². The number of likely N-dealkylation sites (tertiary alicyclic amines) is 1. The molecule has 0 saturated carbocycles. The van der Waals surface area contributed by atoms with Crippen LogP contribution in [0.3, 0.4) is 0 Å². The summed E-state index contributed by atoms with van der Waals surface area (Å²) in [5.74, 6) is -0.191. The van der Waals surface area contributed by atoms with Gasteiger partial charge in [-0.1, -0.05) is 13.0 Å². The second kappa shape index (κ2) is 8.92. The Morgan fingerprint density at radius 1 is 1.26 bits per heavy atom. The zero-order valence-electron chi connectivity index (χ0n) is 20.3. The van der Waals surface area contributed by atoms with Gasteiger partial charge in [-0.05, 0) is 69.5 Å². The third-order valence-corrected chi connectivity index (χ3v) is 7.04. The predicted molar refractivity (Wildman–Crippen MR) is 134 cm³/mol. The number of fused-ring (bicyclic) bond motifs is 2. The van der Waals surface area contributed by atoms with Gasteiger partial charge in [0.25, 0.3) is 11.5 Å². The molecule has 35 heavy (non-hydrogen) atoms. The van der Waals surface area contributed by atoms with Crippen molar-refractivity contribution >= 4 is 22.5 Å². The summed E-state index contributed by atoms with van der Waals surface area (Å²) < 4.78 is 16.2. The highest BCUT2D eigenvalue weighted by molar-refractivity contribution is 5.92. The summed E-state index contributed by atoms with van der Waals surface area (Å²) in [5, 5.41) is 3.49. The van der Waals surface area contributed by atoms with Crippen molar-refractivity contribution in [1.82, 2.24) is 24.6 Å². The average Bonchev–Trinajstić information content (AvgIpc) is 3.19. The number of benzene rings is 1. The summed E-state index contributed by atoms with van der Waals surface area (Å²) in [6, 6.07) is 11.5. The zero-order chi connectivity index (χ0) is 24.7. The maximum absolute atomic E-state index is 14.8. The van der Waals surface area contributed by atoms with Gasteiger partial charge in [-0.25, -0.2) is 9.37 Å². The highest BCUT2D eigenvalue weighted by atomic mass is 19.1. The Balaban J connectivity index is 1.32. The molecule has 1 unspecified atom stereocenters. The van der Waals surface area contributed by atoms with E-state index in [0.29, 0.717) is 11.2 Å². The highest BCUT2D eigenvalue weighted by Crippen LogP contribution is 2.32. The molecule has 4 heterocycles. The van der Waals surface area contributed by atoms with Crippen LogP contribution in [0.2, 0.25) is 0 Å². The van der Waals surface area contributed by atoms with Crippen LogP contribution < -0.4 is 10.9 Å². The molecule has 1 fully saturated rings. The molecule has 182 valence electrons. The molecule has 0 aliphatic carbocycles. The first-order valence-electron chi connectivity index (χ1n) is 12.0. The Bertz CT molecular complexity index is 1470. The number of hydrogen-bond acceptors (Lipinski definition) is 4. The molecule has 0 radical (unpaired) electrons. The second-order valence-corrected chi connectivity index (χ2v) is 10.2. The van der Waals surface area contributed by atoms with Crippen molar-refractivity contribution in [3.05, 3.63) is 81.8 Å². The number of amides is 1. The minimum atomic E-state index is -0.526. The van der Waals surface area contributed by atoms with E-state index >= 15 is 0 Å². The summed E-state index contributed by atoms with van der Waals surface area (Å²) >= 11 is 0. The normalized spacial score (nSPS) is 18.2. The molecular weight excluding hydrogens is 445 g/mol. The summed E-state index contributed by atoms with van der Waals surface area (Å²) in [7, 11) is 0. The molecule has 1 amide bonds. The van der Waals surface area contributed by atoms with Crippen LogP contribution in [-0.4, -0.2) is 37.3 Å². The lowest BCUT2D eigenvalue weighted by Crippen LogP contribution is -2.48. The first-order valence-corrected chi connectivity index (χ1v) is 12.0. The fourth-order valence-corrected chi connectivity index (χ4v) is 5.18. The molecule has 2 N–H and O–H groups in total. The Kier molecular flexibility index (Phi) is 5.92. The number of carbonyl (C=O) groups excluding carboxylic acids is 1. The van der Waals surface area contributed by atoms with Gasteiger partial charge in [0.15, 0.2) is 0 Å². The van der Waals surface area contributed by atoms with Gasteiger partial charge in [-0.3, -0.25) is 18.9 Å². The third-order valence-electron chi connectivity index (χ3n) is 7.04. The van der Waals surface area contributed by atoms with Crippen LogP contribution >= 0.6 is 0 Å². The maximum atomic E-state index is 14.8. The number of rotatable bonds is 5. The number of carbonyl (C=O) groups is 1. The molecule has 0 spiro atoms. The molecule has 4 aromatic rings. The molecule has 1 saturated heterocycles. The van der Waals surface area contributed by atoms with Crippen molar-refractivity contribution < 1.29 is 9.18 Å². The Morgan fingerprint density at radius 3 is 2.89 bits per heavy atom. The lowest BCUT2D eigenvalue weighted by atomic mass is 9.83. The van der Waals surface area contributed by atoms with Gasteiger partial charge in [0, 0.05) is 53.1 Å². The zero-order valence-corrected chi connectivity index (χ0v) is 20.3. The van der Waals surface area contributed by atoms with E-state index in [-0.39, 0.29) is 29.2 Å². The van der Waals surface area contributed by atoms with Gasteiger partial charge < -0.3 is 10.3 Å². The molecule has 1 aliphatic heterocycles. The van der Waals surface area contributed by atoms with E-state index in [1.54, 1.807) is 30.5 Å². The molecule has 8 heteroatoms. The fraction of sp³-hybridized carbons (Fsp3) is 0.370. The van der Waals surface area contributed by atoms with Gasteiger partial charge in [-0.2, -0.15) is 0 Å². The van der Waals surface area contributed by atoms with Gasteiger partial charge in [0.2, 0.25) is 0 Å². The van der Waals surface area contributed by atoms with Crippen molar-refractivity contribution in [2.45, 2.75) is 52.2 Å². The first kappa shape index (κ1) is 23.2. The number of pyridine rings is 1. The van der Waals surface area contributed by atoms with Gasteiger partial charge in [-0.15, -0.1) is 0 Å². The van der Waals surface area contributed by atoms with Crippen LogP contribution in [0.1, 0.15) is 55.4 Å². The molecule has 5 rings (SSSR count). The number of aromatic amines is 1. The minimum absolute atomic E-state index is 0.00307. The van der Waals surface area contributed by atoms with E-state index < -0.39 is 5.91 Å². The van der Waals surface area contributed by atoms with Gasteiger partial charge in [0.05, 0.1) is 0 Å². The van der Waals surface area contributed by atoms with Crippen molar-refractivity contribution in [2.24, 2.45) is 5.92 Å². The van der Waals surface area contributed by atoms with E-state index in [1.165, 1.54) is 23.0 Å². The van der Waals surface area contributed by atoms with E-state index in [9.17, 15) is 14.0 Å². The smallest absolute Gasteiger partial charge is 0.270 e. The van der Waals surface area contributed by atoms with Gasteiger partial charge >= 0.3 is 0 Å². The molecule has 3 aromatic heterocycles.